The minimum atomic E-state index is -0.481. The van der Waals surface area contributed by atoms with Crippen LogP contribution >= 0.6 is 0 Å². The Morgan fingerprint density at radius 2 is 2.14 bits per heavy atom. The molecule has 0 bridgehead atoms. The highest BCUT2D eigenvalue weighted by Gasteiger charge is 2.43. The van der Waals surface area contributed by atoms with Crippen LogP contribution in [0.4, 0.5) is 15.3 Å². The van der Waals surface area contributed by atoms with Crippen molar-refractivity contribution in [2.45, 2.75) is 12.5 Å². The molecule has 1 aliphatic rings. The summed E-state index contributed by atoms with van der Waals surface area (Å²) in [7, 11) is 1.32. The van der Waals surface area contributed by atoms with Crippen molar-refractivity contribution in [3.05, 3.63) is 29.8 Å². The molecule has 0 radical (unpaired) electrons. The largest absolute Gasteiger partial charge is 0.453 e. The smallest absolute Gasteiger partial charge is 0.409 e. The number of carbonyl (C=O) groups excluding carboxylic acids is 2. The van der Waals surface area contributed by atoms with Crippen molar-refractivity contribution in [2.24, 2.45) is 0 Å². The highest BCUT2D eigenvalue weighted by Crippen LogP contribution is 2.21. The Balaban J connectivity index is 1.88. The van der Waals surface area contributed by atoms with Crippen LogP contribution in [0.3, 0.4) is 0 Å². The number of methoxy groups -OCH3 is 1. The molecule has 0 atom stereocenters. The van der Waals surface area contributed by atoms with Crippen molar-refractivity contribution in [1.29, 1.82) is 5.26 Å². The molecule has 21 heavy (non-hydrogen) atoms. The second-order valence-corrected chi connectivity index (χ2v) is 5.16. The fourth-order valence-electron chi connectivity index (χ4n) is 2.24. The Morgan fingerprint density at radius 3 is 2.76 bits per heavy atom. The van der Waals surface area contributed by atoms with Crippen molar-refractivity contribution < 1.29 is 14.3 Å². The predicted octanol–water partition coefficient (Wildman–Crippen LogP) is 1.52. The van der Waals surface area contributed by atoms with Crippen LogP contribution in [0.1, 0.15) is 12.5 Å². The van der Waals surface area contributed by atoms with Gasteiger partial charge in [0.15, 0.2) is 0 Å². The number of rotatable bonds is 2. The molecule has 0 spiro atoms. The van der Waals surface area contributed by atoms with E-state index in [1.807, 2.05) is 13.0 Å². The molecule has 7 heteroatoms. The van der Waals surface area contributed by atoms with Gasteiger partial charge in [-0.15, -0.1) is 0 Å². The van der Waals surface area contributed by atoms with Gasteiger partial charge in [0.1, 0.15) is 0 Å². The van der Waals surface area contributed by atoms with Crippen LogP contribution in [-0.4, -0.2) is 42.8 Å². The summed E-state index contributed by atoms with van der Waals surface area (Å²) in [5.41, 5.74) is 0.532. The van der Waals surface area contributed by atoms with E-state index in [1.165, 1.54) is 12.0 Å². The maximum atomic E-state index is 11.9. The highest BCUT2D eigenvalue weighted by molar-refractivity contribution is 5.90. The van der Waals surface area contributed by atoms with Crippen molar-refractivity contribution in [1.82, 2.24) is 10.2 Å². The molecule has 2 N–H and O–H groups in total. The normalized spacial score (nSPS) is 15.4. The molecule has 1 aliphatic heterocycles. The van der Waals surface area contributed by atoms with Gasteiger partial charge in [0, 0.05) is 18.8 Å². The van der Waals surface area contributed by atoms with Gasteiger partial charge in [-0.1, -0.05) is 6.07 Å². The Labute approximate surface area is 122 Å². The number of urea groups is 1. The Kier molecular flexibility index (Phi) is 3.98. The molecule has 1 aromatic rings. The van der Waals surface area contributed by atoms with E-state index < -0.39 is 11.6 Å². The van der Waals surface area contributed by atoms with Crippen LogP contribution in [-0.2, 0) is 4.74 Å². The molecule has 1 fully saturated rings. The summed E-state index contributed by atoms with van der Waals surface area (Å²) in [6.07, 6.45) is -0.406. The van der Waals surface area contributed by atoms with Gasteiger partial charge >= 0.3 is 12.1 Å². The van der Waals surface area contributed by atoms with Gasteiger partial charge in [-0.25, -0.2) is 9.59 Å². The molecule has 0 aliphatic carbocycles. The van der Waals surface area contributed by atoms with Gasteiger partial charge < -0.3 is 20.3 Å². The van der Waals surface area contributed by atoms with E-state index in [1.54, 1.807) is 24.3 Å². The number of hydrogen-bond donors (Lipinski definition) is 2. The molecular weight excluding hydrogens is 272 g/mol. The van der Waals surface area contributed by atoms with Gasteiger partial charge in [0.25, 0.3) is 0 Å². The first kappa shape index (κ1) is 14.7. The number of nitriles is 1. The Hall–Kier alpha value is -2.75. The number of carbonyl (C=O) groups is 2. The van der Waals surface area contributed by atoms with Crippen molar-refractivity contribution in [3.63, 3.8) is 0 Å². The summed E-state index contributed by atoms with van der Waals surface area (Å²) in [6, 6.07) is 8.26. The molecule has 3 amide bonds. The fraction of sp³-hybridized carbons (Fsp3) is 0.357. The molecule has 0 aromatic heterocycles. The highest BCUT2D eigenvalue weighted by atomic mass is 16.5. The summed E-state index contributed by atoms with van der Waals surface area (Å²) >= 11 is 0. The number of likely N-dealkylation sites (tertiary alicyclic amines) is 1. The number of nitrogens with one attached hydrogen (secondary N) is 2. The number of benzene rings is 1. The number of hydrogen-bond acceptors (Lipinski definition) is 4. The zero-order valence-electron chi connectivity index (χ0n) is 11.8. The van der Waals surface area contributed by atoms with Crippen LogP contribution in [0.5, 0.6) is 0 Å². The van der Waals surface area contributed by atoms with Crippen molar-refractivity contribution in [2.75, 3.05) is 25.5 Å². The standard InChI is InChI=1S/C14H16N4O3/c1-14(8-18(9-14)13(20)21-2)17-12(19)16-11-5-3-4-10(6-11)7-15/h3-6H,8-9H2,1-2H3,(H2,16,17,19). The molecular formula is C14H16N4O3. The molecule has 7 nitrogen and oxygen atoms in total. The minimum absolute atomic E-state index is 0.378. The quantitative estimate of drug-likeness (QED) is 0.862. The predicted molar refractivity (Wildman–Crippen MR) is 75.7 cm³/mol. The number of anilines is 1. The van der Waals surface area contributed by atoms with Crippen LogP contribution in [0.15, 0.2) is 24.3 Å². The second-order valence-electron chi connectivity index (χ2n) is 5.16. The van der Waals surface area contributed by atoms with Gasteiger partial charge in [-0.2, -0.15) is 5.26 Å². The van der Waals surface area contributed by atoms with E-state index in [9.17, 15) is 9.59 Å². The summed E-state index contributed by atoms with van der Waals surface area (Å²) in [5, 5.41) is 14.3. The van der Waals surface area contributed by atoms with E-state index in [0.29, 0.717) is 24.3 Å². The molecule has 110 valence electrons. The molecule has 0 unspecified atom stereocenters. The summed E-state index contributed by atoms with van der Waals surface area (Å²) in [6.45, 7) is 2.63. The average molecular weight is 288 g/mol. The lowest BCUT2D eigenvalue weighted by Gasteiger charge is -2.47. The second kappa shape index (κ2) is 5.71. The molecule has 2 rings (SSSR count). The monoisotopic (exact) mass is 288 g/mol. The number of ether oxygens (including phenoxy) is 1. The molecule has 0 saturated carbocycles. The Morgan fingerprint density at radius 1 is 1.43 bits per heavy atom. The van der Waals surface area contributed by atoms with Crippen LogP contribution in [0, 0.1) is 11.3 Å². The zero-order valence-corrected chi connectivity index (χ0v) is 11.8. The van der Waals surface area contributed by atoms with E-state index in [-0.39, 0.29) is 6.03 Å². The number of amides is 3. The van der Waals surface area contributed by atoms with E-state index >= 15 is 0 Å². The summed E-state index contributed by atoms with van der Waals surface area (Å²) < 4.78 is 4.60. The lowest BCUT2D eigenvalue weighted by molar-refractivity contribution is 0.0476. The number of nitrogens with zero attached hydrogens (tertiary/aromatic N) is 2. The third-order valence-electron chi connectivity index (χ3n) is 3.18. The average Bonchev–Trinajstić information content (AvgIpc) is 2.43. The van der Waals surface area contributed by atoms with E-state index in [4.69, 9.17) is 5.26 Å². The maximum absolute atomic E-state index is 11.9. The topological polar surface area (TPSA) is 94.5 Å². The van der Waals surface area contributed by atoms with Crippen LogP contribution < -0.4 is 10.6 Å². The van der Waals surface area contributed by atoms with Gasteiger partial charge in [-0.3, -0.25) is 0 Å². The Bertz CT molecular complexity index is 602. The lowest BCUT2D eigenvalue weighted by Crippen LogP contribution is -2.70. The van der Waals surface area contributed by atoms with Crippen molar-refractivity contribution >= 4 is 17.8 Å². The first-order valence-electron chi connectivity index (χ1n) is 6.38. The maximum Gasteiger partial charge on any atom is 0.409 e. The first-order valence-corrected chi connectivity index (χ1v) is 6.38. The molecule has 1 saturated heterocycles. The SMILES string of the molecule is COC(=O)N1CC(C)(NC(=O)Nc2cccc(C#N)c2)C1. The van der Waals surface area contributed by atoms with Crippen LogP contribution in [0.25, 0.3) is 0 Å². The zero-order chi connectivity index (χ0) is 15.5. The van der Waals surface area contributed by atoms with E-state index in [0.717, 1.165) is 0 Å². The third kappa shape index (κ3) is 3.42. The summed E-state index contributed by atoms with van der Waals surface area (Å²) in [5.74, 6) is 0. The molecule has 1 heterocycles. The first-order chi connectivity index (χ1) is 9.95. The van der Waals surface area contributed by atoms with Gasteiger partial charge in [0.05, 0.1) is 24.3 Å². The van der Waals surface area contributed by atoms with Gasteiger partial charge in [-0.05, 0) is 25.1 Å². The van der Waals surface area contributed by atoms with Crippen molar-refractivity contribution in [3.8, 4) is 6.07 Å². The third-order valence-corrected chi connectivity index (χ3v) is 3.18. The lowest BCUT2D eigenvalue weighted by atomic mass is 9.93. The van der Waals surface area contributed by atoms with Gasteiger partial charge in [0.2, 0.25) is 0 Å². The fourth-order valence-corrected chi connectivity index (χ4v) is 2.24. The molecule has 1 aromatic carbocycles. The van der Waals surface area contributed by atoms with E-state index in [2.05, 4.69) is 15.4 Å². The van der Waals surface area contributed by atoms with Crippen LogP contribution in [0.2, 0.25) is 0 Å². The minimum Gasteiger partial charge on any atom is -0.453 e. The summed E-state index contributed by atoms with van der Waals surface area (Å²) in [4.78, 5) is 24.7.